The molecule has 2 nitrogen and oxygen atoms in total. The van der Waals surface area contributed by atoms with Gasteiger partial charge in [-0.15, -0.1) is 0 Å². The van der Waals surface area contributed by atoms with E-state index >= 15 is 0 Å². The average molecular weight is 164 g/mol. The third-order valence-electron chi connectivity index (χ3n) is 4.02. The van der Waals surface area contributed by atoms with E-state index in [2.05, 4.69) is 0 Å². The van der Waals surface area contributed by atoms with Gasteiger partial charge in [0.15, 0.2) is 0 Å². The summed E-state index contributed by atoms with van der Waals surface area (Å²) in [5.74, 6) is 1.63. The molecule has 1 saturated heterocycles. The molecule has 0 aromatic heterocycles. The smallest absolute Gasteiger partial charge is 0.131 e. The van der Waals surface area contributed by atoms with Gasteiger partial charge >= 0.3 is 0 Å². The van der Waals surface area contributed by atoms with Gasteiger partial charge in [-0.1, -0.05) is 0 Å². The van der Waals surface area contributed by atoms with Crippen molar-refractivity contribution in [3.05, 3.63) is 11.8 Å². The van der Waals surface area contributed by atoms with Gasteiger partial charge in [-0.05, 0) is 25.2 Å². The Kier molecular flexibility index (Phi) is 0.862. The summed E-state index contributed by atoms with van der Waals surface area (Å²) in [6, 6.07) is 0. The lowest BCUT2D eigenvalue weighted by Gasteiger charge is -2.37. The summed E-state index contributed by atoms with van der Waals surface area (Å²) >= 11 is 0. The molecule has 3 fully saturated rings. The minimum atomic E-state index is 0.400. The molecular weight excluding hydrogens is 152 g/mol. The Balaban J connectivity index is 1.92. The van der Waals surface area contributed by atoms with Gasteiger partial charge in [0, 0.05) is 11.5 Å². The highest BCUT2D eigenvalue weighted by atomic mass is 16.6. The maximum atomic E-state index is 5.96. The van der Waals surface area contributed by atoms with Crippen molar-refractivity contribution in [2.45, 2.75) is 37.6 Å². The highest BCUT2D eigenvalue weighted by Crippen LogP contribution is 2.56. The molecule has 5 unspecified atom stereocenters. The number of hydrogen-bond donors (Lipinski definition) is 0. The molecular formula is C10H12O2. The molecule has 12 heavy (non-hydrogen) atoms. The number of rotatable bonds is 0. The van der Waals surface area contributed by atoms with E-state index in [1.165, 1.54) is 24.8 Å². The van der Waals surface area contributed by atoms with Crippen LogP contribution in [0.2, 0.25) is 0 Å². The van der Waals surface area contributed by atoms with E-state index in [4.69, 9.17) is 9.47 Å². The van der Waals surface area contributed by atoms with Crippen molar-refractivity contribution in [2.75, 3.05) is 0 Å². The first-order chi connectivity index (χ1) is 5.93. The van der Waals surface area contributed by atoms with Crippen molar-refractivity contribution in [2.24, 2.45) is 11.8 Å². The quantitative estimate of drug-likeness (QED) is 0.539. The zero-order chi connectivity index (χ0) is 7.71. The zero-order valence-corrected chi connectivity index (χ0v) is 6.90. The lowest BCUT2D eigenvalue weighted by molar-refractivity contribution is -0.0884. The summed E-state index contributed by atoms with van der Waals surface area (Å²) < 4.78 is 11.6. The maximum Gasteiger partial charge on any atom is 0.131 e. The molecule has 2 aliphatic carbocycles. The Labute approximate surface area is 71.5 Å². The van der Waals surface area contributed by atoms with Crippen LogP contribution in [0.5, 0.6) is 0 Å². The van der Waals surface area contributed by atoms with E-state index in [0.29, 0.717) is 18.3 Å². The third kappa shape index (κ3) is 0.488. The number of hydrogen-bond acceptors (Lipinski definition) is 2. The van der Waals surface area contributed by atoms with Gasteiger partial charge in [0.1, 0.15) is 6.10 Å². The van der Waals surface area contributed by atoms with Gasteiger partial charge < -0.3 is 9.47 Å². The lowest BCUT2D eigenvalue weighted by Crippen LogP contribution is -2.43. The van der Waals surface area contributed by atoms with Crippen molar-refractivity contribution >= 4 is 0 Å². The molecule has 0 aromatic rings. The van der Waals surface area contributed by atoms with Crippen LogP contribution in [0.25, 0.3) is 0 Å². The maximum absolute atomic E-state index is 5.96. The monoisotopic (exact) mass is 164 g/mol. The second-order valence-corrected chi connectivity index (χ2v) is 4.48. The highest BCUT2D eigenvalue weighted by Gasteiger charge is 2.58. The minimum Gasteiger partial charge on any atom is -0.495 e. The first-order valence-corrected chi connectivity index (χ1v) is 4.94. The van der Waals surface area contributed by atoms with Crippen molar-refractivity contribution in [3.8, 4) is 0 Å². The highest BCUT2D eigenvalue weighted by molar-refractivity contribution is 5.28. The molecule has 2 saturated carbocycles. The second kappa shape index (κ2) is 1.72. The Morgan fingerprint density at radius 3 is 3.33 bits per heavy atom. The zero-order valence-electron chi connectivity index (χ0n) is 6.90. The topological polar surface area (TPSA) is 18.5 Å². The van der Waals surface area contributed by atoms with Crippen LogP contribution in [0.4, 0.5) is 0 Å². The van der Waals surface area contributed by atoms with Gasteiger partial charge in [0.05, 0.1) is 18.5 Å². The lowest BCUT2D eigenvalue weighted by atomic mass is 9.77. The third-order valence-corrected chi connectivity index (χ3v) is 4.02. The van der Waals surface area contributed by atoms with Gasteiger partial charge in [-0.2, -0.15) is 0 Å². The number of ether oxygens (including phenoxy) is 2. The Morgan fingerprint density at radius 1 is 1.33 bits per heavy atom. The van der Waals surface area contributed by atoms with E-state index in [9.17, 15) is 0 Å². The molecule has 0 N–H and O–H groups in total. The molecule has 5 bridgehead atoms. The van der Waals surface area contributed by atoms with E-state index in [-0.39, 0.29) is 0 Å². The van der Waals surface area contributed by atoms with Crippen molar-refractivity contribution in [1.82, 2.24) is 0 Å². The Hall–Kier alpha value is -0.500. The molecule has 64 valence electrons. The first kappa shape index (κ1) is 6.03. The molecule has 4 rings (SSSR count). The van der Waals surface area contributed by atoms with Gasteiger partial charge in [0.2, 0.25) is 0 Å². The molecule has 5 atom stereocenters. The van der Waals surface area contributed by atoms with Crippen molar-refractivity contribution in [1.29, 1.82) is 0 Å². The fourth-order valence-corrected chi connectivity index (χ4v) is 3.55. The summed E-state index contributed by atoms with van der Waals surface area (Å²) in [5, 5.41) is 0. The van der Waals surface area contributed by atoms with Crippen LogP contribution < -0.4 is 0 Å². The Bertz CT molecular complexity index is 271. The molecule has 2 heteroatoms. The molecule has 2 heterocycles. The van der Waals surface area contributed by atoms with Crippen LogP contribution >= 0.6 is 0 Å². The van der Waals surface area contributed by atoms with Crippen LogP contribution in [0, 0.1) is 11.8 Å². The molecule has 0 radical (unpaired) electrons. The fourth-order valence-electron chi connectivity index (χ4n) is 3.55. The van der Waals surface area contributed by atoms with E-state index in [1.807, 2.05) is 6.26 Å². The largest absolute Gasteiger partial charge is 0.495 e. The van der Waals surface area contributed by atoms with Crippen LogP contribution in [0.3, 0.4) is 0 Å². The Morgan fingerprint density at radius 2 is 2.33 bits per heavy atom. The van der Waals surface area contributed by atoms with Crippen LogP contribution in [0.15, 0.2) is 11.8 Å². The van der Waals surface area contributed by atoms with E-state index < -0.39 is 0 Å². The summed E-state index contributed by atoms with van der Waals surface area (Å²) in [4.78, 5) is 0. The van der Waals surface area contributed by atoms with Crippen LogP contribution in [0.1, 0.15) is 19.3 Å². The molecule has 0 amide bonds. The summed E-state index contributed by atoms with van der Waals surface area (Å²) in [6.07, 6.45) is 7.11. The predicted molar refractivity (Wildman–Crippen MR) is 42.4 cm³/mol. The molecule has 0 aromatic carbocycles. The summed E-state index contributed by atoms with van der Waals surface area (Å²) in [6.45, 7) is 0. The molecule has 2 aliphatic heterocycles. The van der Waals surface area contributed by atoms with Gasteiger partial charge in [0.25, 0.3) is 0 Å². The van der Waals surface area contributed by atoms with Gasteiger partial charge in [-0.25, -0.2) is 0 Å². The first-order valence-electron chi connectivity index (χ1n) is 4.94. The van der Waals surface area contributed by atoms with Crippen molar-refractivity contribution in [3.63, 3.8) is 0 Å². The van der Waals surface area contributed by atoms with Crippen molar-refractivity contribution < 1.29 is 9.47 Å². The van der Waals surface area contributed by atoms with E-state index in [0.717, 1.165) is 11.8 Å². The minimum absolute atomic E-state index is 0.400. The van der Waals surface area contributed by atoms with E-state index in [1.54, 1.807) is 0 Å². The van der Waals surface area contributed by atoms with Crippen LogP contribution in [-0.4, -0.2) is 18.3 Å². The summed E-state index contributed by atoms with van der Waals surface area (Å²) in [7, 11) is 0. The second-order valence-electron chi connectivity index (χ2n) is 4.48. The average Bonchev–Trinajstić information content (AvgIpc) is 2.47. The fraction of sp³-hybridized carbons (Fsp3) is 0.800. The summed E-state index contributed by atoms with van der Waals surface area (Å²) in [5.41, 5.74) is 1.47. The predicted octanol–water partition coefficient (Wildman–Crippen LogP) is 1.47. The van der Waals surface area contributed by atoms with Gasteiger partial charge in [-0.3, -0.25) is 0 Å². The van der Waals surface area contributed by atoms with Crippen LogP contribution in [-0.2, 0) is 9.47 Å². The molecule has 0 spiro atoms. The molecule has 4 aliphatic rings. The normalized spacial score (nSPS) is 58.7. The standard InChI is InChI=1S/C10H12O2/c1-2-7-10-9-5(1)3-8(12-7)6(9)4-11-10/h4-5,7-10H,1-3H2. The SMILES string of the molecule is C1=C2C3CC4CCC(O3)C(O1)C24.